The zero-order valence-electron chi connectivity index (χ0n) is 17.6. The van der Waals surface area contributed by atoms with Gasteiger partial charge in [0.25, 0.3) is 0 Å². The van der Waals surface area contributed by atoms with Crippen molar-refractivity contribution >= 4 is 40.3 Å². The molecule has 31 heavy (non-hydrogen) atoms. The molecule has 0 saturated heterocycles. The van der Waals surface area contributed by atoms with Gasteiger partial charge in [-0.3, -0.25) is 0 Å². The van der Waals surface area contributed by atoms with Crippen molar-refractivity contribution in [3.05, 3.63) is 42.5 Å². The van der Waals surface area contributed by atoms with Gasteiger partial charge in [-0.1, -0.05) is 12.1 Å². The van der Waals surface area contributed by atoms with E-state index in [1.807, 2.05) is 35.9 Å². The van der Waals surface area contributed by atoms with Crippen LogP contribution in [0.5, 0.6) is 17.2 Å². The Labute approximate surface area is 179 Å². The zero-order chi connectivity index (χ0) is 22.0. The van der Waals surface area contributed by atoms with Gasteiger partial charge < -0.3 is 35.1 Å². The first kappa shape index (κ1) is 20.1. The van der Waals surface area contributed by atoms with Gasteiger partial charge in [0.2, 0.25) is 17.6 Å². The van der Waals surface area contributed by atoms with Gasteiger partial charge >= 0.3 is 0 Å². The Bertz CT molecular complexity index is 1210. The fourth-order valence-corrected chi connectivity index (χ4v) is 3.27. The molecule has 0 fully saturated rings. The van der Waals surface area contributed by atoms with E-state index in [2.05, 4.69) is 25.6 Å². The van der Waals surface area contributed by atoms with Crippen LogP contribution < -0.4 is 30.6 Å². The molecule has 0 atom stereocenters. The van der Waals surface area contributed by atoms with Gasteiger partial charge in [0, 0.05) is 30.9 Å². The van der Waals surface area contributed by atoms with Crippen LogP contribution in [0.3, 0.4) is 0 Å². The maximum Gasteiger partial charge on any atom is 0.223 e. The zero-order valence-corrected chi connectivity index (χ0v) is 17.6. The summed E-state index contributed by atoms with van der Waals surface area (Å²) in [5.41, 5.74) is 8.50. The number of methoxy groups -OCH3 is 3. The van der Waals surface area contributed by atoms with Gasteiger partial charge in [0.05, 0.1) is 32.4 Å². The SMILES string of the molecule is COc1cc(Nc2cc(Nc3nc4ccccc4n3C)nc(N)n2)cc(OC)c1OC. The van der Waals surface area contributed by atoms with Crippen molar-refractivity contribution in [3.8, 4) is 17.2 Å². The Hall–Kier alpha value is -4.21. The molecule has 10 heteroatoms. The molecule has 4 rings (SSSR count). The van der Waals surface area contributed by atoms with Gasteiger partial charge in [0.15, 0.2) is 11.5 Å². The second-order valence-electron chi connectivity index (χ2n) is 6.64. The number of nitrogen functional groups attached to an aromatic ring is 1. The van der Waals surface area contributed by atoms with Crippen LogP contribution in [0.15, 0.2) is 42.5 Å². The Morgan fingerprint density at radius 3 is 2.10 bits per heavy atom. The summed E-state index contributed by atoms with van der Waals surface area (Å²) in [5, 5.41) is 6.40. The number of fused-ring (bicyclic) bond motifs is 1. The molecular formula is C21H23N7O3. The number of anilines is 5. The van der Waals surface area contributed by atoms with E-state index in [1.165, 1.54) is 0 Å². The van der Waals surface area contributed by atoms with Gasteiger partial charge in [-0.05, 0) is 12.1 Å². The molecule has 0 aliphatic heterocycles. The van der Waals surface area contributed by atoms with E-state index >= 15 is 0 Å². The minimum Gasteiger partial charge on any atom is -0.493 e. The van der Waals surface area contributed by atoms with E-state index in [4.69, 9.17) is 19.9 Å². The first-order chi connectivity index (χ1) is 15.0. The molecule has 2 heterocycles. The first-order valence-corrected chi connectivity index (χ1v) is 9.42. The largest absolute Gasteiger partial charge is 0.493 e. The van der Waals surface area contributed by atoms with Crippen LogP contribution >= 0.6 is 0 Å². The van der Waals surface area contributed by atoms with Crippen molar-refractivity contribution in [1.29, 1.82) is 0 Å². The smallest absolute Gasteiger partial charge is 0.223 e. The summed E-state index contributed by atoms with van der Waals surface area (Å²) in [6.45, 7) is 0. The lowest BCUT2D eigenvalue weighted by Gasteiger charge is -2.15. The highest BCUT2D eigenvalue weighted by Crippen LogP contribution is 2.40. The third kappa shape index (κ3) is 3.95. The summed E-state index contributed by atoms with van der Waals surface area (Å²) >= 11 is 0. The summed E-state index contributed by atoms with van der Waals surface area (Å²) in [6, 6.07) is 13.2. The van der Waals surface area contributed by atoms with Gasteiger partial charge in [-0.15, -0.1) is 0 Å². The van der Waals surface area contributed by atoms with Crippen molar-refractivity contribution in [2.45, 2.75) is 0 Å². The van der Waals surface area contributed by atoms with Crippen molar-refractivity contribution in [3.63, 3.8) is 0 Å². The molecular weight excluding hydrogens is 398 g/mol. The minimum absolute atomic E-state index is 0.110. The highest BCUT2D eigenvalue weighted by Gasteiger charge is 2.14. The molecule has 0 aliphatic carbocycles. The first-order valence-electron chi connectivity index (χ1n) is 9.42. The third-order valence-electron chi connectivity index (χ3n) is 4.71. The Kier molecular flexibility index (Phi) is 5.35. The summed E-state index contributed by atoms with van der Waals surface area (Å²) in [5.74, 6) is 3.27. The van der Waals surface area contributed by atoms with Gasteiger partial charge in [0.1, 0.15) is 11.6 Å². The van der Waals surface area contributed by atoms with E-state index in [-0.39, 0.29) is 5.95 Å². The molecule has 10 nitrogen and oxygen atoms in total. The molecule has 2 aromatic carbocycles. The second-order valence-corrected chi connectivity index (χ2v) is 6.64. The number of hydrogen-bond donors (Lipinski definition) is 3. The summed E-state index contributed by atoms with van der Waals surface area (Å²) in [6.07, 6.45) is 0. The standard InChI is InChI=1S/C21H23N7O3/c1-28-14-8-6-5-7-13(14)24-21(28)27-18-11-17(25-20(22)26-18)23-12-9-15(29-2)19(31-4)16(10-12)30-3/h5-11H,1-4H3,(H4,22,23,24,25,26,27). The topological polar surface area (TPSA) is 121 Å². The van der Waals surface area contributed by atoms with Crippen molar-refractivity contribution in [1.82, 2.24) is 19.5 Å². The average Bonchev–Trinajstić information content (AvgIpc) is 3.08. The predicted molar refractivity (Wildman–Crippen MR) is 120 cm³/mol. The van der Waals surface area contributed by atoms with Crippen LogP contribution in [0.1, 0.15) is 0 Å². The number of nitrogens with two attached hydrogens (primary N) is 1. The highest BCUT2D eigenvalue weighted by atomic mass is 16.5. The van der Waals surface area contributed by atoms with Crippen LogP contribution in [-0.2, 0) is 7.05 Å². The lowest BCUT2D eigenvalue weighted by molar-refractivity contribution is 0.324. The number of nitrogens with one attached hydrogen (secondary N) is 2. The lowest BCUT2D eigenvalue weighted by atomic mass is 10.2. The van der Waals surface area contributed by atoms with Crippen LogP contribution in [0.4, 0.5) is 29.2 Å². The van der Waals surface area contributed by atoms with E-state index in [0.717, 1.165) is 11.0 Å². The predicted octanol–water partition coefficient (Wildman–Crippen LogP) is 3.46. The molecule has 0 aliphatic rings. The number of benzene rings is 2. The number of para-hydroxylation sites is 2. The molecule has 4 aromatic rings. The molecule has 0 saturated carbocycles. The van der Waals surface area contributed by atoms with Crippen LogP contribution in [0, 0.1) is 0 Å². The molecule has 0 radical (unpaired) electrons. The normalized spacial score (nSPS) is 10.7. The van der Waals surface area contributed by atoms with E-state index < -0.39 is 0 Å². The van der Waals surface area contributed by atoms with E-state index in [1.54, 1.807) is 39.5 Å². The fourth-order valence-electron chi connectivity index (χ4n) is 3.27. The lowest BCUT2D eigenvalue weighted by Crippen LogP contribution is -2.06. The Morgan fingerprint density at radius 1 is 0.839 bits per heavy atom. The number of ether oxygens (including phenoxy) is 3. The highest BCUT2D eigenvalue weighted by molar-refractivity contribution is 5.79. The molecule has 0 bridgehead atoms. The molecule has 0 unspecified atom stereocenters. The molecule has 0 spiro atoms. The molecule has 2 aromatic heterocycles. The summed E-state index contributed by atoms with van der Waals surface area (Å²) in [7, 11) is 6.60. The fraction of sp³-hybridized carbons (Fsp3) is 0.190. The number of rotatable bonds is 7. The maximum atomic E-state index is 5.94. The monoisotopic (exact) mass is 421 g/mol. The Morgan fingerprint density at radius 2 is 1.48 bits per heavy atom. The minimum atomic E-state index is 0.110. The number of hydrogen-bond acceptors (Lipinski definition) is 9. The molecule has 160 valence electrons. The van der Waals surface area contributed by atoms with Gasteiger partial charge in [-0.2, -0.15) is 9.97 Å². The average molecular weight is 421 g/mol. The van der Waals surface area contributed by atoms with Crippen LogP contribution in [0.25, 0.3) is 11.0 Å². The van der Waals surface area contributed by atoms with Gasteiger partial charge in [-0.25, -0.2) is 4.98 Å². The quantitative estimate of drug-likeness (QED) is 0.412. The number of imidazole rings is 1. The van der Waals surface area contributed by atoms with E-state index in [9.17, 15) is 0 Å². The van der Waals surface area contributed by atoms with Crippen LogP contribution in [-0.4, -0.2) is 40.8 Å². The maximum absolute atomic E-state index is 5.94. The second kappa shape index (κ2) is 8.27. The van der Waals surface area contributed by atoms with E-state index in [0.29, 0.717) is 40.5 Å². The number of nitrogens with zero attached hydrogens (tertiary/aromatic N) is 4. The Balaban J connectivity index is 1.64. The van der Waals surface area contributed by atoms with Crippen molar-refractivity contribution in [2.24, 2.45) is 7.05 Å². The van der Waals surface area contributed by atoms with Crippen LogP contribution in [0.2, 0.25) is 0 Å². The van der Waals surface area contributed by atoms with Crippen molar-refractivity contribution in [2.75, 3.05) is 37.7 Å². The molecule has 4 N–H and O–H groups in total. The summed E-state index contributed by atoms with van der Waals surface area (Å²) in [4.78, 5) is 13.1. The summed E-state index contributed by atoms with van der Waals surface area (Å²) < 4.78 is 18.1. The third-order valence-corrected chi connectivity index (χ3v) is 4.71. The van der Waals surface area contributed by atoms with Crippen molar-refractivity contribution < 1.29 is 14.2 Å². The number of aromatic nitrogens is 4. The number of aryl methyl sites for hydroxylation is 1. The molecule has 0 amide bonds.